The van der Waals surface area contributed by atoms with Gasteiger partial charge in [-0.3, -0.25) is 0 Å². The van der Waals surface area contributed by atoms with Crippen LogP contribution in [0.5, 0.6) is 0 Å². The number of hydrogen-bond acceptors (Lipinski definition) is 3. The summed E-state index contributed by atoms with van der Waals surface area (Å²) in [5.74, 6) is 0. The van der Waals surface area contributed by atoms with Gasteiger partial charge in [0.25, 0.3) is 0 Å². The van der Waals surface area contributed by atoms with Crippen LogP contribution in [-0.4, -0.2) is 26.3 Å². The molecule has 0 unspecified atom stereocenters. The van der Waals surface area contributed by atoms with Crippen molar-refractivity contribution in [1.29, 1.82) is 5.26 Å². The molecule has 0 fully saturated rings. The molecular weight excluding hydrogens is 200 g/mol. The minimum Gasteiger partial charge on any atom is -0.383 e. The van der Waals surface area contributed by atoms with Crippen LogP contribution in [0.15, 0.2) is 24.3 Å². The lowest BCUT2D eigenvalue weighted by Gasteiger charge is -2.29. The van der Waals surface area contributed by atoms with Gasteiger partial charge in [-0.15, -0.1) is 0 Å². The zero-order valence-electron chi connectivity index (χ0n) is 10.1. The number of para-hydroxylation sites is 1. The largest absolute Gasteiger partial charge is 0.383 e. The summed E-state index contributed by atoms with van der Waals surface area (Å²) in [4.78, 5) is 2.18. The summed E-state index contributed by atoms with van der Waals surface area (Å²) in [5, 5.41) is 9.07. The predicted octanol–water partition coefficient (Wildman–Crippen LogP) is 2.42. The average Bonchev–Trinajstić information content (AvgIpc) is 2.29. The summed E-state index contributed by atoms with van der Waals surface area (Å²) in [5.41, 5.74) is 1.70. The zero-order valence-corrected chi connectivity index (χ0v) is 10.1. The topological polar surface area (TPSA) is 36.3 Å². The van der Waals surface area contributed by atoms with Gasteiger partial charge in [-0.2, -0.15) is 5.26 Å². The molecule has 0 aliphatic carbocycles. The first-order valence-electron chi connectivity index (χ1n) is 5.45. The zero-order chi connectivity index (χ0) is 12.0. The Labute approximate surface area is 97.3 Å². The maximum Gasteiger partial charge on any atom is 0.101 e. The van der Waals surface area contributed by atoms with E-state index in [1.54, 1.807) is 7.11 Å². The molecule has 0 saturated carbocycles. The number of anilines is 1. The number of rotatable bonds is 5. The lowest BCUT2D eigenvalue weighted by Crippen LogP contribution is -2.34. The van der Waals surface area contributed by atoms with E-state index in [2.05, 4.69) is 24.8 Å². The highest BCUT2D eigenvalue weighted by Crippen LogP contribution is 2.21. The summed E-state index contributed by atoms with van der Waals surface area (Å²) in [6.45, 7) is 5.69. The summed E-state index contributed by atoms with van der Waals surface area (Å²) >= 11 is 0. The van der Waals surface area contributed by atoms with Gasteiger partial charge >= 0.3 is 0 Å². The van der Waals surface area contributed by atoms with Crippen LogP contribution < -0.4 is 4.90 Å². The molecule has 16 heavy (non-hydrogen) atoms. The third-order valence-electron chi connectivity index (χ3n) is 2.49. The predicted molar refractivity (Wildman–Crippen MR) is 65.5 cm³/mol. The van der Waals surface area contributed by atoms with Crippen molar-refractivity contribution >= 4 is 5.69 Å². The van der Waals surface area contributed by atoms with Crippen molar-refractivity contribution in [3.05, 3.63) is 29.8 Å². The molecule has 1 aromatic rings. The van der Waals surface area contributed by atoms with Gasteiger partial charge in [0.05, 0.1) is 17.9 Å². The van der Waals surface area contributed by atoms with Crippen molar-refractivity contribution in [2.75, 3.05) is 25.2 Å². The molecule has 0 N–H and O–H groups in total. The fraction of sp³-hybridized carbons (Fsp3) is 0.462. The van der Waals surface area contributed by atoms with Crippen LogP contribution >= 0.6 is 0 Å². The first-order chi connectivity index (χ1) is 7.70. The van der Waals surface area contributed by atoms with E-state index < -0.39 is 0 Å². The van der Waals surface area contributed by atoms with E-state index in [1.807, 2.05) is 24.3 Å². The monoisotopic (exact) mass is 218 g/mol. The molecule has 1 rings (SSSR count). The molecular formula is C13H18N2O. The van der Waals surface area contributed by atoms with Crippen molar-refractivity contribution in [3.8, 4) is 6.07 Å². The number of ether oxygens (including phenoxy) is 1. The van der Waals surface area contributed by atoms with E-state index in [0.29, 0.717) is 18.2 Å². The standard InChI is InChI=1S/C13H18N2O/c1-11(2)15(8-9-16-3)13-7-5-4-6-12(13)10-14/h4-7,11H,8-9H2,1-3H3. The highest BCUT2D eigenvalue weighted by Gasteiger charge is 2.13. The van der Waals surface area contributed by atoms with E-state index in [-0.39, 0.29) is 0 Å². The average molecular weight is 218 g/mol. The molecule has 0 atom stereocenters. The number of methoxy groups -OCH3 is 1. The number of nitriles is 1. The summed E-state index contributed by atoms with van der Waals surface area (Å²) in [7, 11) is 1.69. The molecule has 3 nitrogen and oxygen atoms in total. The van der Waals surface area contributed by atoms with Crippen LogP contribution in [0.25, 0.3) is 0 Å². The fourth-order valence-electron chi connectivity index (χ4n) is 1.67. The van der Waals surface area contributed by atoms with Gasteiger partial charge in [0, 0.05) is 19.7 Å². The fourth-order valence-corrected chi connectivity index (χ4v) is 1.67. The Balaban J connectivity index is 2.97. The SMILES string of the molecule is COCCN(c1ccccc1C#N)C(C)C. The maximum atomic E-state index is 9.07. The summed E-state index contributed by atoms with van der Waals surface area (Å²) < 4.78 is 5.09. The molecule has 0 amide bonds. The van der Waals surface area contributed by atoms with E-state index in [1.165, 1.54) is 0 Å². The molecule has 0 aromatic heterocycles. The van der Waals surface area contributed by atoms with Gasteiger partial charge in [-0.05, 0) is 26.0 Å². The summed E-state index contributed by atoms with van der Waals surface area (Å²) in [6.07, 6.45) is 0. The molecule has 0 aliphatic rings. The van der Waals surface area contributed by atoms with Gasteiger partial charge in [0.15, 0.2) is 0 Å². The van der Waals surface area contributed by atoms with E-state index in [0.717, 1.165) is 12.2 Å². The van der Waals surface area contributed by atoms with Crippen molar-refractivity contribution < 1.29 is 4.74 Å². The van der Waals surface area contributed by atoms with Gasteiger partial charge in [0.1, 0.15) is 6.07 Å². The van der Waals surface area contributed by atoms with Crippen molar-refractivity contribution in [3.63, 3.8) is 0 Å². The van der Waals surface area contributed by atoms with Crippen molar-refractivity contribution in [1.82, 2.24) is 0 Å². The number of benzene rings is 1. The molecule has 0 radical (unpaired) electrons. The third kappa shape index (κ3) is 2.98. The Bertz CT molecular complexity index is 368. The molecule has 86 valence electrons. The highest BCUT2D eigenvalue weighted by molar-refractivity contribution is 5.59. The first kappa shape index (κ1) is 12.5. The Hall–Kier alpha value is -1.53. The lowest BCUT2D eigenvalue weighted by molar-refractivity contribution is 0.204. The second-order valence-electron chi connectivity index (χ2n) is 3.91. The van der Waals surface area contributed by atoms with Crippen LogP contribution in [-0.2, 0) is 4.74 Å². The first-order valence-corrected chi connectivity index (χ1v) is 5.45. The maximum absolute atomic E-state index is 9.07. The highest BCUT2D eigenvalue weighted by atomic mass is 16.5. The second-order valence-corrected chi connectivity index (χ2v) is 3.91. The molecule has 0 heterocycles. The Morgan fingerprint density at radius 1 is 1.38 bits per heavy atom. The van der Waals surface area contributed by atoms with E-state index in [9.17, 15) is 0 Å². The smallest absolute Gasteiger partial charge is 0.101 e. The van der Waals surface area contributed by atoms with Gasteiger partial charge in [0.2, 0.25) is 0 Å². The molecule has 3 heteroatoms. The Kier molecular flexibility index (Phi) is 4.81. The van der Waals surface area contributed by atoms with Crippen LogP contribution in [0.2, 0.25) is 0 Å². The molecule has 0 spiro atoms. The molecule has 0 aliphatic heterocycles. The van der Waals surface area contributed by atoms with Crippen LogP contribution in [0.4, 0.5) is 5.69 Å². The Morgan fingerprint density at radius 3 is 2.62 bits per heavy atom. The molecule has 1 aromatic carbocycles. The van der Waals surface area contributed by atoms with Crippen LogP contribution in [0.3, 0.4) is 0 Å². The minimum absolute atomic E-state index is 0.352. The summed E-state index contributed by atoms with van der Waals surface area (Å²) in [6, 6.07) is 10.2. The quantitative estimate of drug-likeness (QED) is 0.761. The third-order valence-corrected chi connectivity index (χ3v) is 2.49. The Morgan fingerprint density at radius 2 is 2.06 bits per heavy atom. The van der Waals surface area contributed by atoms with Crippen molar-refractivity contribution in [2.45, 2.75) is 19.9 Å². The second kappa shape index (κ2) is 6.14. The minimum atomic E-state index is 0.352. The number of nitrogens with zero attached hydrogens (tertiary/aromatic N) is 2. The molecule has 0 saturated heterocycles. The molecule has 0 bridgehead atoms. The van der Waals surface area contributed by atoms with E-state index in [4.69, 9.17) is 10.00 Å². The van der Waals surface area contributed by atoms with Crippen LogP contribution in [0, 0.1) is 11.3 Å². The van der Waals surface area contributed by atoms with Crippen molar-refractivity contribution in [2.24, 2.45) is 0 Å². The number of hydrogen-bond donors (Lipinski definition) is 0. The normalized spacial score (nSPS) is 10.2. The van der Waals surface area contributed by atoms with Crippen LogP contribution in [0.1, 0.15) is 19.4 Å². The van der Waals surface area contributed by atoms with Gasteiger partial charge < -0.3 is 9.64 Å². The van der Waals surface area contributed by atoms with Gasteiger partial charge in [-0.1, -0.05) is 12.1 Å². The van der Waals surface area contributed by atoms with E-state index >= 15 is 0 Å². The van der Waals surface area contributed by atoms with Gasteiger partial charge in [-0.25, -0.2) is 0 Å². The lowest BCUT2D eigenvalue weighted by atomic mass is 10.1.